The number of hydrazine groups is 1. The summed E-state index contributed by atoms with van der Waals surface area (Å²) in [5, 5.41) is 0.999. The lowest BCUT2D eigenvalue weighted by Gasteiger charge is -2.18. The first-order valence-corrected chi connectivity index (χ1v) is 7.10. The summed E-state index contributed by atoms with van der Waals surface area (Å²) in [4.78, 5) is 8.34. The summed E-state index contributed by atoms with van der Waals surface area (Å²) >= 11 is 3.48. The van der Waals surface area contributed by atoms with Gasteiger partial charge in [0.25, 0.3) is 0 Å². The fraction of sp³-hybridized carbons (Fsp3) is 0.0667. The van der Waals surface area contributed by atoms with E-state index in [0.717, 1.165) is 21.6 Å². The van der Waals surface area contributed by atoms with Gasteiger partial charge in [-0.15, -0.1) is 0 Å². The fourth-order valence-electron chi connectivity index (χ4n) is 2.24. The van der Waals surface area contributed by atoms with Crippen LogP contribution in [0.2, 0.25) is 0 Å². The number of benzene rings is 1. The second-order valence-electron chi connectivity index (χ2n) is 4.55. The van der Waals surface area contributed by atoms with Gasteiger partial charge in [-0.1, -0.05) is 18.2 Å². The van der Waals surface area contributed by atoms with Gasteiger partial charge in [0.15, 0.2) is 0 Å². The molecule has 0 spiro atoms. The van der Waals surface area contributed by atoms with Crippen LogP contribution < -0.4 is 11.3 Å². The third-order valence-corrected chi connectivity index (χ3v) is 3.89. The van der Waals surface area contributed by atoms with E-state index in [1.807, 2.05) is 30.3 Å². The molecule has 3 rings (SSSR count). The van der Waals surface area contributed by atoms with E-state index in [2.05, 4.69) is 31.3 Å². The van der Waals surface area contributed by atoms with E-state index in [1.54, 1.807) is 6.07 Å². The lowest BCUT2D eigenvalue weighted by Crippen LogP contribution is -2.30. The maximum absolute atomic E-state index is 14.0. The second-order valence-corrected chi connectivity index (χ2v) is 5.40. The van der Waals surface area contributed by atoms with E-state index >= 15 is 0 Å². The summed E-state index contributed by atoms with van der Waals surface area (Å²) < 4.78 is 14.7. The van der Waals surface area contributed by atoms with Gasteiger partial charge < -0.3 is 0 Å². The lowest BCUT2D eigenvalue weighted by atomic mass is 10.0. The fourth-order valence-corrected chi connectivity index (χ4v) is 2.81. The van der Waals surface area contributed by atoms with Crippen LogP contribution in [0.1, 0.15) is 17.3 Å². The minimum absolute atomic E-state index is 0.399. The summed E-state index contributed by atoms with van der Waals surface area (Å²) in [6, 6.07) is 10.7. The number of hydrogen-bond donors (Lipinski definition) is 2. The van der Waals surface area contributed by atoms with Crippen LogP contribution in [0.4, 0.5) is 4.39 Å². The Balaban J connectivity index is 2.17. The minimum atomic E-state index is -0.563. The zero-order valence-corrected chi connectivity index (χ0v) is 12.5. The number of halogens is 2. The van der Waals surface area contributed by atoms with E-state index in [1.165, 1.54) is 6.20 Å². The predicted molar refractivity (Wildman–Crippen MR) is 82.8 cm³/mol. The van der Waals surface area contributed by atoms with Crippen molar-refractivity contribution in [2.75, 3.05) is 0 Å². The quantitative estimate of drug-likeness (QED) is 0.565. The lowest BCUT2D eigenvalue weighted by molar-refractivity contribution is 0.548. The smallest absolute Gasteiger partial charge is 0.146 e. The van der Waals surface area contributed by atoms with Gasteiger partial charge in [-0.05, 0) is 34.1 Å². The van der Waals surface area contributed by atoms with Crippen LogP contribution in [-0.2, 0) is 0 Å². The maximum Gasteiger partial charge on any atom is 0.146 e. The number of aromatic nitrogens is 2. The number of pyridine rings is 2. The highest BCUT2D eigenvalue weighted by atomic mass is 79.9. The molecule has 106 valence electrons. The normalized spacial score (nSPS) is 12.5. The van der Waals surface area contributed by atoms with Crippen LogP contribution in [0.25, 0.3) is 10.9 Å². The van der Waals surface area contributed by atoms with Crippen LogP contribution >= 0.6 is 15.9 Å². The Bertz CT molecular complexity index is 793. The molecule has 0 saturated heterocycles. The molecule has 0 radical (unpaired) electrons. The molecule has 3 N–H and O–H groups in total. The molecule has 0 saturated carbocycles. The van der Waals surface area contributed by atoms with Crippen molar-refractivity contribution in [2.45, 2.75) is 6.04 Å². The second kappa shape index (κ2) is 5.85. The molecule has 1 aromatic carbocycles. The average molecular weight is 347 g/mol. The third-order valence-electron chi connectivity index (χ3n) is 3.26. The molecule has 4 nitrogen and oxygen atoms in total. The van der Waals surface area contributed by atoms with Crippen molar-refractivity contribution in [1.29, 1.82) is 0 Å². The molecule has 2 heterocycles. The van der Waals surface area contributed by atoms with Crippen molar-refractivity contribution in [2.24, 2.45) is 5.84 Å². The SMILES string of the molecule is NNC(c1ccncc1F)c1nc2ccccc2cc1Br. The maximum atomic E-state index is 14.0. The molecule has 0 aliphatic rings. The molecule has 2 aromatic heterocycles. The molecule has 1 atom stereocenters. The van der Waals surface area contributed by atoms with E-state index in [0.29, 0.717) is 11.3 Å². The Kier molecular flexibility index (Phi) is 3.92. The number of nitrogens with one attached hydrogen (secondary N) is 1. The first-order valence-electron chi connectivity index (χ1n) is 6.31. The van der Waals surface area contributed by atoms with E-state index in [9.17, 15) is 4.39 Å². The van der Waals surface area contributed by atoms with Gasteiger partial charge >= 0.3 is 0 Å². The zero-order chi connectivity index (χ0) is 14.8. The Morgan fingerprint density at radius 3 is 2.81 bits per heavy atom. The molecular weight excluding hydrogens is 335 g/mol. The first-order chi connectivity index (χ1) is 10.2. The molecule has 0 fully saturated rings. The predicted octanol–water partition coefficient (Wildman–Crippen LogP) is 3.08. The third kappa shape index (κ3) is 2.65. The van der Waals surface area contributed by atoms with Crippen LogP contribution in [0.3, 0.4) is 0 Å². The molecule has 0 aliphatic heterocycles. The molecule has 3 aromatic rings. The van der Waals surface area contributed by atoms with Crippen molar-refractivity contribution >= 4 is 26.8 Å². The minimum Gasteiger partial charge on any atom is -0.271 e. The van der Waals surface area contributed by atoms with Gasteiger partial charge in [0.2, 0.25) is 0 Å². The van der Waals surface area contributed by atoms with Crippen molar-refractivity contribution in [3.8, 4) is 0 Å². The summed E-state index contributed by atoms with van der Waals surface area (Å²) in [6.45, 7) is 0. The zero-order valence-electron chi connectivity index (χ0n) is 10.9. The van der Waals surface area contributed by atoms with E-state index in [4.69, 9.17) is 5.84 Å². The number of nitrogens with zero attached hydrogens (tertiary/aromatic N) is 2. The van der Waals surface area contributed by atoms with Crippen molar-refractivity contribution in [3.05, 3.63) is 70.3 Å². The summed E-state index contributed by atoms with van der Waals surface area (Å²) in [5.74, 6) is 5.19. The Labute approximate surface area is 129 Å². The summed E-state index contributed by atoms with van der Waals surface area (Å²) in [6.07, 6.45) is 2.69. The highest BCUT2D eigenvalue weighted by Crippen LogP contribution is 2.30. The Morgan fingerprint density at radius 2 is 2.05 bits per heavy atom. The van der Waals surface area contributed by atoms with E-state index in [-0.39, 0.29) is 0 Å². The van der Waals surface area contributed by atoms with Gasteiger partial charge in [-0.25, -0.2) is 14.8 Å². The van der Waals surface area contributed by atoms with Crippen LogP contribution in [0.15, 0.2) is 53.3 Å². The summed E-state index contributed by atoms with van der Waals surface area (Å²) in [5.41, 5.74) is 4.47. The number of rotatable bonds is 3. The molecule has 1 unspecified atom stereocenters. The molecule has 6 heteroatoms. The van der Waals surface area contributed by atoms with Gasteiger partial charge in [0, 0.05) is 21.6 Å². The van der Waals surface area contributed by atoms with Gasteiger partial charge in [-0.3, -0.25) is 10.8 Å². The Hall–Kier alpha value is -1.89. The highest BCUT2D eigenvalue weighted by molar-refractivity contribution is 9.10. The monoisotopic (exact) mass is 346 g/mol. The van der Waals surface area contributed by atoms with Crippen LogP contribution in [-0.4, -0.2) is 9.97 Å². The molecule has 0 aliphatic carbocycles. The number of hydrogen-bond acceptors (Lipinski definition) is 4. The number of nitrogens with two attached hydrogens (primary N) is 1. The van der Waals surface area contributed by atoms with Crippen molar-refractivity contribution in [3.63, 3.8) is 0 Å². The van der Waals surface area contributed by atoms with Crippen LogP contribution in [0.5, 0.6) is 0 Å². The number of fused-ring (bicyclic) bond motifs is 1. The summed E-state index contributed by atoms with van der Waals surface area (Å²) in [7, 11) is 0. The van der Waals surface area contributed by atoms with Gasteiger partial charge in [0.05, 0.1) is 23.4 Å². The Morgan fingerprint density at radius 1 is 1.24 bits per heavy atom. The van der Waals surface area contributed by atoms with Gasteiger partial charge in [0.1, 0.15) is 5.82 Å². The average Bonchev–Trinajstić information content (AvgIpc) is 2.50. The largest absolute Gasteiger partial charge is 0.271 e. The molecule has 0 amide bonds. The molecule has 21 heavy (non-hydrogen) atoms. The first kappa shape index (κ1) is 14.1. The highest BCUT2D eigenvalue weighted by Gasteiger charge is 2.21. The van der Waals surface area contributed by atoms with Crippen LogP contribution in [0, 0.1) is 5.82 Å². The van der Waals surface area contributed by atoms with E-state index < -0.39 is 11.9 Å². The standard InChI is InChI=1S/C15H12BrFN4/c16-11-7-9-3-1-2-4-13(9)20-15(11)14(21-18)10-5-6-19-8-12(10)17/h1-8,14,21H,18H2. The topological polar surface area (TPSA) is 63.8 Å². The van der Waals surface area contributed by atoms with Crippen molar-refractivity contribution < 1.29 is 4.39 Å². The van der Waals surface area contributed by atoms with Gasteiger partial charge in [-0.2, -0.15) is 0 Å². The molecule has 0 bridgehead atoms. The van der Waals surface area contributed by atoms with Crippen molar-refractivity contribution in [1.82, 2.24) is 15.4 Å². The number of para-hydroxylation sites is 1. The molecular formula is C15H12BrFN4.